The van der Waals surface area contributed by atoms with Crippen molar-refractivity contribution < 1.29 is 5.11 Å². The Morgan fingerprint density at radius 2 is 2.10 bits per heavy atom. The predicted octanol–water partition coefficient (Wildman–Crippen LogP) is 3.51. The maximum absolute atomic E-state index is 10.0. The molecule has 2 rings (SSSR count). The third-order valence-electron chi connectivity index (χ3n) is 3.59. The number of nitrogens with one attached hydrogen (secondary N) is 1. The molecule has 0 aliphatic carbocycles. The van der Waals surface area contributed by atoms with Gasteiger partial charge in [-0.05, 0) is 43.5 Å². The number of pyridine rings is 1. The first-order valence-electron chi connectivity index (χ1n) is 7.07. The largest absolute Gasteiger partial charge is 0.508 e. The third kappa shape index (κ3) is 3.36. The van der Waals surface area contributed by atoms with Crippen molar-refractivity contribution in [3.63, 3.8) is 0 Å². The van der Waals surface area contributed by atoms with E-state index in [9.17, 15) is 5.11 Å². The lowest BCUT2D eigenvalue weighted by Gasteiger charge is -2.16. The normalized spacial score (nSPS) is 12.3. The van der Waals surface area contributed by atoms with E-state index in [0.717, 1.165) is 23.2 Å². The Labute approximate surface area is 120 Å². The molecule has 1 unspecified atom stereocenters. The highest BCUT2D eigenvalue weighted by atomic mass is 16.3. The van der Waals surface area contributed by atoms with E-state index < -0.39 is 0 Å². The van der Waals surface area contributed by atoms with E-state index in [1.54, 1.807) is 6.07 Å². The second-order valence-electron chi connectivity index (χ2n) is 5.13. The maximum atomic E-state index is 10.0. The number of phenolic OH excluding ortho intramolecular Hbond substituents is 1. The molecule has 0 spiro atoms. The molecular formula is C17H22N2O. The molecule has 0 amide bonds. The first-order chi connectivity index (χ1) is 9.61. The van der Waals surface area contributed by atoms with Gasteiger partial charge in [-0.15, -0.1) is 0 Å². The molecule has 1 atom stereocenters. The van der Waals surface area contributed by atoms with Crippen LogP contribution in [0.25, 0.3) is 0 Å². The van der Waals surface area contributed by atoms with Crippen LogP contribution in [0, 0.1) is 6.92 Å². The fourth-order valence-corrected chi connectivity index (χ4v) is 2.33. The molecule has 20 heavy (non-hydrogen) atoms. The Kier molecular flexibility index (Phi) is 4.74. The third-order valence-corrected chi connectivity index (χ3v) is 3.59. The van der Waals surface area contributed by atoms with Crippen LogP contribution in [0.4, 0.5) is 0 Å². The van der Waals surface area contributed by atoms with Gasteiger partial charge in [0.25, 0.3) is 0 Å². The van der Waals surface area contributed by atoms with Gasteiger partial charge < -0.3 is 10.4 Å². The summed E-state index contributed by atoms with van der Waals surface area (Å²) in [5.41, 5.74) is 4.33. The number of aromatic nitrogens is 1. The van der Waals surface area contributed by atoms with E-state index in [1.807, 2.05) is 31.3 Å². The van der Waals surface area contributed by atoms with E-state index in [0.29, 0.717) is 12.3 Å². The topological polar surface area (TPSA) is 45.2 Å². The second kappa shape index (κ2) is 6.53. The molecule has 0 bridgehead atoms. The zero-order valence-electron chi connectivity index (χ0n) is 12.4. The summed E-state index contributed by atoms with van der Waals surface area (Å²) < 4.78 is 0. The van der Waals surface area contributed by atoms with Crippen LogP contribution < -0.4 is 5.32 Å². The van der Waals surface area contributed by atoms with E-state index in [4.69, 9.17) is 0 Å². The monoisotopic (exact) mass is 270 g/mol. The van der Waals surface area contributed by atoms with E-state index in [-0.39, 0.29) is 6.04 Å². The van der Waals surface area contributed by atoms with Crippen molar-refractivity contribution in [2.75, 3.05) is 0 Å². The molecule has 2 aromatic rings. The number of phenols is 1. The molecule has 1 aromatic heterocycles. The summed E-state index contributed by atoms with van der Waals surface area (Å²) in [5, 5.41) is 13.4. The number of hydrogen-bond donors (Lipinski definition) is 2. The zero-order valence-corrected chi connectivity index (χ0v) is 12.4. The van der Waals surface area contributed by atoms with Gasteiger partial charge in [-0.3, -0.25) is 4.98 Å². The van der Waals surface area contributed by atoms with Crippen LogP contribution in [0.2, 0.25) is 0 Å². The summed E-state index contributed by atoms with van der Waals surface area (Å²) in [6.45, 7) is 6.87. The summed E-state index contributed by atoms with van der Waals surface area (Å²) >= 11 is 0. The highest BCUT2D eigenvalue weighted by molar-refractivity contribution is 5.37. The molecule has 0 fully saturated rings. The number of aryl methyl sites for hydroxylation is 2. The van der Waals surface area contributed by atoms with E-state index >= 15 is 0 Å². The molecule has 0 aliphatic rings. The van der Waals surface area contributed by atoms with Crippen LogP contribution in [-0.4, -0.2) is 10.1 Å². The van der Waals surface area contributed by atoms with Crippen LogP contribution in [0.3, 0.4) is 0 Å². The summed E-state index contributed by atoms with van der Waals surface area (Å²) in [4.78, 5) is 4.43. The molecule has 3 nitrogen and oxygen atoms in total. The lowest BCUT2D eigenvalue weighted by atomic mass is 10.0. The predicted molar refractivity (Wildman–Crippen MR) is 81.7 cm³/mol. The van der Waals surface area contributed by atoms with Crippen LogP contribution >= 0.6 is 0 Å². The minimum Gasteiger partial charge on any atom is -0.508 e. The molecular weight excluding hydrogens is 248 g/mol. The molecule has 106 valence electrons. The number of aromatic hydroxyl groups is 1. The number of benzene rings is 1. The molecule has 1 aromatic carbocycles. The van der Waals surface area contributed by atoms with Gasteiger partial charge in [0.15, 0.2) is 0 Å². The van der Waals surface area contributed by atoms with Crippen LogP contribution in [-0.2, 0) is 13.0 Å². The van der Waals surface area contributed by atoms with Crippen molar-refractivity contribution in [3.05, 3.63) is 58.9 Å². The highest BCUT2D eigenvalue weighted by Gasteiger charge is 2.11. The van der Waals surface area contributed by atoms with Gasteiger partial charge in [0, 0.05) is 24.3 Å². The van der Waals surface area contributed by atoms with Gasteiger partial charge in [0.1, 0.15) is 5.75 Å². The van der Waals surface area contributed by atoms with Gasteiger partial charge in [-0.2, -0.15) is 0 Å². The van der Waals surface area contributed by atoms with Crippen LogP contribution in [0.1, 0.15) is 42.3 Å². The molecule has 1 heterocycles. The molecule has 0 saturated carbocycles. The summed E-state index contributed by atoms with van der Waals surface area (Å²) in [7, 11) is 0. The minimum atomic E-state index is 0.0855. The fourth-order valence-electron chi connectivity index (χ4n) is 2.33. The van der Waals surface area contributed by atoms with Crippen molar-refractivity contribution >= 4 is 0 Å². The SMILES string of the molecule is CCc1cccnc1CNC(C)c1ccc(C)cc1O. The van der Waals surface area contributed by atoms with Crippen molar-refractivity contribution in [2.24, 2.45) is 0 Å². The van der Waals surface area contributed by atoms with Crippen LogP contribution in [0.15, 0.2) is 36.5 Å². The number of nitrogens with zero attached hydrogens (tertiary/aromatic N) is 1. The van der Waals surface area contributed by atoms with Crippen molar-refractivity contribution in [1.82, 2.24) is 10.3 Å². The van der Waals surface area contributed by atoms with Gasteiger partial charge in [0.05, 0.1) is 5.69 Å². The van der Waals surface area contributed by atoms with Crippen LogP contribution in [0.5, 0.6) is 5.75 Å². The van der Waals surface area contributed by atoms with Gasteiger partial charge in [-0.1, -0.05) is 25.1 Å². The first-order valence-corrected chi connectivity index (χ1v) is 7.07. The Hall–Kier alpha value is -1.87. The Morgan fingerprint density at radius 3 is 2.80 bits per heavy atom. The Morgan fingerprint density at radius 1 is 1.30 bits per heavy atom. The molecule has 3 heteroatoms. The van der Waals surface area contributed by atoms with Crippen molar-refractivity contribution in [2.45, 2.75) is 39.8 Å². The molecule has 0 saturated heterocycles. The second-order valence-corrected chi connectivity index (χ2v) is 5.13. The summed E-state index contributed by atoms with van der Waals surface area (Å²) in [6, 6.07) is 9.95. The Balaban J connectivity index is 2.06. The standard InChI is InChI=1S/C17H22N2O/c1-4-14-6-5-9-18-16(14)11-19-13(3)15-8-7-12(2)10-17(15)20/h5-10,13,19-20H,4,11H2,1-3H3. The zero-order chi connectivity index (χ0) is 14.5. The molecule has 0 aliphatic heterocycles. The molecule has 0 radical (unpaired) electrons. The summed E-state index contributed by atoms with van der Waals surface area (Å²) in [6.07, 6.45) is 2.80. The van der Waals surface area contributed by atoms with E-state index in [1.165, 1.54) is 5.56 Å². The minimum absolute atomic E-state index is 0.0855. The number of rotatable bonds is 5. The van der Waals surface area contributed by atoms with Crippen molar-refractivity contribution in [1.29, 1.82) is 0 Å². The number of hydrogen-bond acceptors (Lipinski definition) is 3. The average Bonchev–Trinajstić information content (AvgIpc) is 2.45. The lowest BCUT2D eigenvalue weighted by Crippen LogP contribution is -2.19. The Bertz CT molecular complexity index is 581. The highest BCUT2D eigenvalue weighted by Crippen LogP contribution is 2.25. The van der Waals surface area contributed by atoms with E-state index in [2.05, 4.69) is 30.2 Å². The lowest BCUT2D eigenvalue weighted by molar-refractivity contribution is 0.451. The average molecular weight is 270 g/mol. The molecule has 2 N–H and O–H groups in total. The first kappa shape index (κ1) is 14.5. The maximum Gasteiger partial charge on any atom is 0.120 e. The van der Waals surface area contributed by atoms with Gasteiger partial charge in [0.2, 0.25) is 0 Å². The summed E-state index contributed by atoms with van der Waals surface area (Å²) in [5.74, 6) is 0.349. The van der Waals surface area contributed by atoms with Gasteiger partial charge in [-0.25, -0.2) is 0 Å². The van der Waals surface area contributed by atoms with Gasteiger partial charge >= 0.3 is 0 Å². The van der Waals surface area contributed by atoms with Crippen molar-refractivity contribution in [3.8, 4) is 5.75 Å². The quantitative estimate of drug-likeness (QED) is 0.874. The smallest absolute Gasteiger partial charge is 0.120 e. The fraction of sp³-hybridized carbons (Fsp3) is 0.353.